The Labute approximate surface area is 246 Å². The van der Waals surface area contributed by atoms with Crippen LogP contribution in [0.5, 0.6) is 5.75 Å². The van der Waals surface area contributed by atoms with Crippen molar-refractivity contribution in [1.29, 1.82) is 0 Å². The van der Waals surface area contributed by atoms with E-state index < -0.39 is 11.7 Å². The highest BCUT2D eigenvalue weighted by atomic mass is 16.5. The van der Waals surface area contributed by atoms with Crippen molar-refractivity contribution in [2.45, 2.75) is 18.6 Å². The maximum atomic E-state index is 12.7. The molecule has 1 aliphatic carbocycles. The Hall–Kier alpha value is -4.87. The van der Waals surface area contributed by atoms with Crippen LogP contribution in [0.3, 0.4) is 0 Å². The van der Waals surface area contributed by atoms with E-state index in [2.05, 4.69) is 59.9 Å². The van der Waals surface area contributed by atoms with E-state index >= 15 is 0 Å². The number of alkyl carbamates (subject to hydrolysis) is 1. The highest BCUT2D eigenvalue weighted by molar-refractivity contribution is 5.78. The Morgan fingerprint density at radius 1 is 0.714 bits per heavy atom. The van der Waals surface area contributed by atoms with Crippen LogP contribution in [-0.2, 0) is 28.1 Å². The molecule has 0 fully saturated rings. The fourth-order valence-electron chi connectivity index (χ4n) is 5.83. The summed E-state index contributed by atoms with van der Waals surface area (Å²) in [5.74, 6) is 0.770. The molecule has 6 rings (SSSR count). The third-order valence-corrected chi connectivity index (χ3v) is 7.85. The second kappa shape index (κ2) is 12.3. The molecule has 0 saturated carbocycles. The lowest BCUT2D eigenvalue weighted by molar-refractivity contribution is 0.0144. The SMILES string of the molecule is COc1ccc(C(OCCNC(=O)OCc2cccc3c2Cc2ccccc2-3)(c2ccccc2)c2ccccc2)cc1. The van der Waals surface area contributed by atoms with Gasteiger partial charge in [-0.1, -0.05) is 115 Å². The predicted molar refractivity (Wildman–Crippen MR) is 165 cm³/mol. The summed E-state index contributed by atoms with van der Waals surface area (Å²) in [5.41, 5.74) is 8.09. The Balaban J connectivity index is 1.15. The average Bonchev–Trinajstić information content (AvgIpc) is 3.44. The van der Waals surface area contributed by atoms with Crippen LogP contribution in [0.2, 0.25) is 0 Å². The smallest absolute Gasteiger partial charge is 0.407 e. The molecule has 0 heterocycles. The molecule has 42 heavy (non-hydrogen) atoms. The summed E-state index contributed by atoms with van der Waals surface area (Å²) in [7, 11) is 1.65. The van der Waals surface area contributed by atoms with Gasteiger partial charge < -0.3 is 19.5 Å². The first-order valence-electron chi connectivity index (χ1n) is 14.2. The molecule has 0 radical (unpaired) electrons. The number of carbonyl (C=O) groups excluding carboxylic acids is 1. The summed E-state index contributed by atoms with van der Waals surface area (Å²) in [5, 5.41) is 2.88. The van der Waals surface area contributed by atoms with Crippen molar-refractivity contribution in [3.63, 3.8) is 0 Å². The minimum absolute atomic E-state index is 0.216. The third kappa shape index (κ3) is 5.39. The Morgan fingerprint density at radius 3 is 2.02 bits per heavy atom. The van der Waals surface area contributed by atoms with Crippen LogP contribution in [0.1, 0.15) is 33.4 Å². The van der Waals surface area contributed by atoms with E-state index in [0.29, 0.717) is 0 Å². The van der Waals surface area contributed by atoms with E-state index in [0.717, 1.165) is 34.4 Å². The molecule has 0 unspecified atom stereocenters. The average molecular weight is 556 g/mol. The summed E-state index contributed by atoms with van der Waals surface area (Å²) >= 11 is 0. The molecule has 1 amide bonds. The van der Waals surface area contributed by atoms with Crippen molar-refractivity contribution in [2.75, 3.05) is 20.3 Å². The zero-order chi connectivity index (χ0) is 28.8. The van der Waals surface area contributed by atoms with Gasteiger partial charge in [-0.05, 0) is 63.1 Å². The fraction of sp³-hybridized carbons (Fsp3) is 0.162. The zero-order valence-corrected chi connectivity index (χ0v) is 23.6. The van der Waals surface area contributed by atoms with Crippen LogP contribution in [0, 0.1) is 0 Å². The molecular formula is C37H33NO4. The molecule has 210 valence electrons. The quantitative estimate of drug-likeness (QED) is 0.140. The largest absolute Gasteiger partial charge is 0.497 e. The molecule has 0 bridgehead atoms. The first kappa shape index (κ1) is 27.3. The number of ether oxygens (including phenoxy) is 3. The normalized spacial score (nSPS) is 11.8. The second-order valence-corrected chi connectivity index (χ2v) is 10.3. The lowest BCUT2D eigenvalue weighted by atomic mass is 9.80. The molecule has 5 aromatic rings. The van der Waals surface area contributed by atoms with E-state index in [9.17, 15) is 4.79 Å². The van der Waals surface area contributed by atoms with E-state index in [1.165, 1.54) is 22.3 Å². The maximum Gasteiger partial charge on any atom is 0.407 e. The van der Waals surface area contributed by atoms with E-state index in [1.54, 1.807) is 7.11 Å². The van der Waals surface area contributed by atoms with E-state index in [-0.39, 0.29) is 19.8 Å². The third-order valence-electron chi connectivity index (χ3n) is 7.85. The lowest BCUT2D eigenvalue weighted by Gasteiger charge is -2.36. The van der Waals surface area contributed by atoms with Crippen LogP contribution < -0.4 is 10.1 Å². The summed E-state index contributed by atoms with van der Waals surface area (Å²) in [6, 6.07) is 42.8. The minimum Gasteiger partial charge on any atom is -0.497 e. The molecule has 5 aromatic carbocycles. The van der Waals surface area contributed by atoms with Gasteiger partial charge in [0.1, 0.15) is 18.0 Å². The number of hydrogen-bond donors (Lipinski definition) is 1. The van der Waals surface area contributed by atoms with Crippen LogP contribution >= 0.6 is 0 Å². The summed E-state index contributed by atoms with van der Waals surface area (Å²) in [6.45, 7) is 0.767. The van der Waals surface area contributed by atoms with Gasteiger partial charge in [-0.25, -0.2) is 4.79 Å². The van der Waals surface area contributed by atoms with Crippen molar-refractivity contribution in [1.82, 2.24) is 5.32 Å². The molecule has 0 saturated heterocycles. The summed E-state index contributed by atoms with van der Waals surface area (Å²) < 4.78 is 17.8. The van der Waals surface area contributed by atoms with Gasteiger partial charge in [0, 0.05) is 6.54 Å². The predicted octanol–water partition coefficient (Wildman–Crippen LogP) is 7.50. The highest BCUT2D eigenvalue weighted by Gasteiger charge is 2.37. The van der Waals surface area contributed by atoms with Crippen molar-refractivity contribution in [3.8, 4) is 16.9 Å². The van der Waals surface area contributed by atoms with E-state index in [1.807, 2.05) is 72.8 Å². The van der Waals surface area contributed by atoms with Crippen LogP contribution in [0.25, 0.3) is 11.1 Å². The Bertz CT molecular complexity index is 1610. The van der Waals surface area contributed by atoms with Gasteiger partial charge in [0.15, 0.2) is 0 Å². The number of methoxy groups -OCH3 is 1. The van der Waals surface area contributed by atoms with Gasteiger partial charge in [0.05, 0.1) is 13.7 Å². The van der Waals surface area contributed by atoms with Crippen LogP contribution in [0.4, 0.5) is 4.79 Å². The highest BCUT2D eigenvalue weighted by Crippen LogP contribution is 2.41. The van der Waals surface area contributed by atoms with Crippen molar-refractivity contribution < 1.29 is 19.0 Å². The molecule has 5 heteroatoms. The zero-order valence-electron chi connectivity index (χ0n) is 23.6. The number of amides is 1. The molecule has 0 atom stereocenters. The molecule has 5 nitrogen and oxygen atoms in total. The van der Waals surface area contributed by atoms with Crippen LogP contribution in [0.15, 0.2) is 127 Å². The number of nitrogens with one attached hydrogen (secondary N) is 1. The molecule has 1 aliphatic rings. The first-order valence-corrected chi connectivity index (χ1v) is 14.2. The van der Waals surface area contributed by atoms with Crippen LogP contribution in [-0.4, -0.2) is 26.4 Å². The topological polar surface area (TPSA) is 56.8 Å². The molecule has 0 spiro atoms. The van der Waals surface area contributed by atoms with Gasteiger partial charge in [-0.2, -0.15) is 0 Å². The number of carbonyl (C=O) groups is 1. The first-order chi connectivity index (χ1) is 20.7. The number of hydrogen-bond acceptors (Lipinski definition) is 4. The van der Waals surface area contributed by atoms with Crippen molar-refractivity contribution in [2.24, 2.45) is 0 Å². The van der Waals surface area contributed by atoms with Gasteiger partial charge in [0.2, 0.25) is 0 Å². The molecule has 1 N–H and O–H groups in total. The Morgan fingerprint density at radius 2 is 1.33 bits per heavy atom. The monoisotopic (exact) mass is 555 g/mol. The number of rotatable bonds is 10. The molecule has 0 aromatic heterocycles. The maximum absolute atomic E-state index is 12.7. The van der Waals surface area contributed by atoms with Crippen molar-refractivity contribution in [3.05, 3.63) is 161 Å². The second-order valence-electron chi connectivity index (χ2n) is 10.3. The molecular weight excluding hydrogens is 522 g/mol. The van der Waals surface area contributed by atoms with Gasteiger partial charge in [-0.3, -0.25) is 0 Å². The standard InChI is InChI=1S/C37H33NO4/c1-40-32-21-19-31(20-22-32)37(29-13-4-2-5-14-29,30-15-6-3-7-16-30)42-24-23-38-36(39)41-26-28-12-10-18-34-33-17-9-8-11-27(33)25-35(28)34/h2-22H,23-26H2,1H3,(H,38,39). The number of benzene rings is 5. The van der Waals surface area contributed by atoms with E-state index in [4.69, 9.17) is 14.2 Å². The fourth-order valence-corrected chi connectivity index (χ4v) is 5.83. The molecule has 0 aliphatic heterocycles. The summed E-state index contributed by atoms with van der Waals surface area (Å²) in [4.78, 5) is 12.7. The number of fused-ring (bicyclic) bond motifs is 3. The minimum atomic E-state index is -0.889. The van der Waals surface area contributed by atoms with Gasteiger partial charge in [-0.15, -0.1) is 0 Å². The Kier molecular flexibility index (Phi) is 8.02. The van der Waals surface area contributed by atoms with Gasteiger partial charge >= 0.3 is 6.09 Å². The summed E-state index contributed by atoms with van der Waals surface area (Å²) in [6.07, 6.45) is 0.383. The lowest BCUT2D eigenvalue weighted by Crippen LogP contribution is -2.36. The van der Waals surface area contributed by atoms with Crippen molar-refractivity contribution >= 4 is 6.09 Å². The van der Waals surface area contributed by atoms with Gasteiger partial charge in [0.25, 0.3) is 0 Å².